The number of halogens is 3. The highest BCUT2D eigenvalue weighted by atomic mass is 127. The van der Waals surface area contributed by atoms with Crippen LogP contribution in [-0.4, -0.2) is 306 Å². The van der Waals surface area contributed by atoms with Crippen LogP contribution < -0.4 is 26.0 Å². The highest BCUT2D eigenvalue weighted by Gasteiger charge is 2.47. The lowest BCUT2D eigenvalue weighted by Crippen LogP contribution is -2.52. The number of nitrogens with zero attached hydrogens (tertiary/aromatic N) is 9. The monoisotopic (exact) mass is 1450 g/mol. The van der Waals surface area contributed by atoms with Gasteiger partial charge < -0.3 is 61.0 Å². The number of rotatable bonds is 35. The first-order valence-electron chi connectivity index (χ1n) is 31.4. The number of benzene rings is 2. The van der Waals surface area contributed by atoms with E-state index in [1.54, 1.807) is 48.8 Å². The van der Waals surface area contributed by atoms with Crippen molar-refractivity contribution < 1.29 is 81.8 Å². The predicted octanol–water partition coefficient (Wildman–Crippen LogP) is 0.348. The number of nitriles is 1. The number of hydrogen-bond acceptors (Lipinski definition) is 20. The van der Waals surface area contributed by atoms with Crippen LogP contribution in [0.1, 0.15) is 54.4 Å². The van der Waals surface area contributed by atoms with Crippen molar-refractivity contribution in [3.05, 3.63) is 69.4 Å². The molecule has 6 amide bonds. The molecule has 6 rings (SSSR count). The third-order valence-corrected chi connectivity index (χ3v) is 17.7. The van der Waals surface area contributed by atoms with Crippen molar-refractivity contribution in [1.82, 2.24) is 60.6 Å². The Balaban J connectivity index is 0.920. The lowest BCUT2D eigenvalue weighted by atomic mass is 10.1. The molecule has 0 radical (unpaired) electrons. The fraction of sp³-hybridized carbons (Fsp3) is 0.597. The molecule has 3 aliphatic rings. The number of aliphatic carboxylic acids is 3. The van der Waals surface area contributed by atoms with Crippen molar-refractivity contribution in [1.29, 1.82) is 5.26 Å². The number of alkyl halides is 2. The van der Waals surface area contributed by atoms with Crippen LogP contribution in [0.5, 0.6) is 5.75 Å². The molecule has 3 atom stereocenters. The largest absolute Gasteiger partial charge is 0.494 e. The average Bonchev–Trinajstić information content (AvgIpc) is 1.22. The number of fused-ring (bicyclic) bond motifs is 1. The van der Waals surface area contributed by atoms with E-state index in [1.807, 2.05) is 24.3 Å². The molecule has 0 aliphatic carbocycles. The maximum absolute atomic E-state index is 13.9. The fourth-order valence-corrected chi connectivity index (χ4v) is 12.0. The predicted molar refractivity (Wildman–Crippen MR) is 350 cm³/mol. The summed E-state index contributed by atoms with van der Waals surface area (Å²) in [6.45, 7) is 2.44. The number of thioether (sulfide) groups is 1. The number of unbranched alkanes of at least 4 members (excludes halogenated alkanes) is 1. The summed E-state index contributed by atoms with van der Waals surface area (Å²) in [6.07, 6.45) is 2.65. The molecule has 94 heavy (non-hydrogen) atoms. The molecule has 4 heterocycles. The summed E-state index contributed by atoms with van der Waals surface area (Å²) in [6, 6.07) is 14.0. The summed E-state index contributed by atoms with van der Waals surface area (Å²) in [5.74, 6) is -8.61. The number of carboxylic acid groups (broad SMARTS) is 3. The number of aliphatic hydroxyl groups excluding tert-OH is 1. The molecular weight excluding hydrogens is 1360 g/mol. The van der Waals surface area contributed by atoms with Gasteiger partial charge in [0.05, 0.1) is 69.6 Å². The minimum Gasteiger partial charge on any atom is -0.494 e. The minimum atomic E-state index is -3.19. The Morgan fingerprint density at radius 3 is 1.96 bits per heavy atom. The van der Waals surface area contributed by atoms with E-state index in [2.05, 4.69) is 53.7 Å². The maximum Gasteiger partial charge on any atom is 0.317 e. The van der Waals surface area contributed by atoms with Crippen molar-refractivity contribution in [2.24, 2.45) is 0 Å². The van der Waals surface area contributed by atoms with Gasteiger partial charge in [0.1, 0.15) is 23.9 Å². The molecule has 0 spiro atoms. The second-order valence-corrected chi connectivity index (χ2v) is 25.6. The van der Waals surface area contributed by atoms with E-state index in [0.717, 1.165) is 33.4 Å². The Morgan fingerprint density at radius 2 is 1.34 bits per heavy atom. The zero-order valence-electron chi connectivity index (χ0n) is 52.6. The van der Waals surface area contributed by atoms with Crippen LogP contribution in [0.4, 0.5) is 8.78 Å². The summed E-state index contributed by atoms with van der Waals surface area (Å²) >= 11 is 3.50. The first kappa shape index (κ1) is 76.1. The van der Waals surface area contributed by atoms with Crippen molar-refractivity contribution in [3.63, 3.8) is 0 Å². The molecule has 8 N–H and O–H groups in total. The van der Waals surface area contributed by atoms with Crippen LogP contribution in [-0.2, 0) is 49.5 Å². The van der Waals surface area contributed by atoms with Crippen molar-refractivity contribution in [2.75, 3.05) is 169 Å². The Kier molecular flexibility index (Phi) is 32.2. The summed E-state index contributed by atoms with van der Waals surface area (Å²) in [5.41, 5.74) is 1.83. The van der Waals surface area contributed by atoms with Gasteiger partial charge in [0, 0.05) is 138 Å². The standard InChI is InChI=1S/C62H86F2IN13O15S/c63-62(64)35-46(36-66)78(43-62)55(82)37-70-59(89)48-12-14-67-50-11-10-47(34-49(48)50)93-30-2-1-17-72-26-28-77(29-27-72)61(91)52(79)42-94-33-16-69-60(90)51(13-31-92-32-15-68-53(80)5-3-4-44-6-8-45(65)9-7-44)71-54(81)38-73-18-20-74(39-56(83)84)22-24-76(41-58(87)88)25-23-75(21-19-73)40-57(85)86/h6-12,14,34,46,51-52,79H,1-5,13,15-33,35,37-43H2,(H,68,80)(H,69,90)(H,70,89)(H,71,81)(H,83,84)(H,85,86)(H,87,88)/t46-,51?,52-/m1/s1. The number of aryl methyl sites for hydroxylation is 1. The van der Waals surface area contributed by atoms with Gasteiger partial charge in [-0.2, -0.15) is 17.0 Å². The Hall–Kier alpha value is -6.97. The smallest absolute Gasteiger partial charge is 0.317 e. The van der Waals surface area contributed by atoms with Crippen molar-refractivity contribution in [2.45, 2.75) is 69.1 Å². The van der Waals surface area contributed by atoms with E-state index in [1.165, 1.54) is 24.0 Å². The number of piperazine rings is 1. The summed E-state index contributed by atoms with van der Waals surface area (Å²) in [5, 5.41) is 60.4. The van der Waals surface area contributed by atoms with Gasteiger partial charge in [-0.25, -0.2) is 8.78 Å². The van der Waals surface area contributed by atoms with Gasteiger partial charge in [-0.3, -0.25) is 72.6 Å². The van der Waals surface area contributed by atoms with E-state index in [4.69, 9.17) is 9.47 Å². The van der Waals surface area contributed by atoms with E-state index in [9.17, 15) is 77.6 Å². The van der Waals surface area contributed by atoms with E-state index >= 15 is 0 Å². The quantitative estimate of drug-likeness (QED) is 0.0291. The number of carbonyl (C=O) groups is 9. The molecule has 3 fully saturated rings. The highest BCUT2D eigenvalue weighted by Crippen LogP contribution is 2.32. The third kappa shape index (κ3) is 27.4. The molecule has 3 saturated heterocycles. The second kappa shape index (κ2) is 39.8. The normalized spacial score (nSPS) is 17.8. The van der Waals surface area contributed by atoms with Gasteiger partial charge in [-0.15, -0.1) is 0 Å². The van der Waals surface area contributed by atoms with Crippen LogP contribution in [0.2, 0.25) is 0 Å². The lowest BCUT2D eigenvalue weighted by Gasteiger charge is -2.35. The average molecular weight is 1450 g/mol. The molecule has 32 heteroatoms. The zero-order chi connectivity index (χ0) is 68.0. The Bertz CT molecular complexity index is 3030. The zero-order valence-corrected chi connectivity index (χ0v) is 55.6. The van der Waals surface area contributed by atoms with Crippen LogP contribution >= 0.6 is 34.4 Å². The molecule has 1 aromatic heterocycles. The molecule has 3 aromatic rings. The SMILES string of the molecule is N#C[C@H]1CC(F)(F)CN1C(=O)CNC(=O)c1ccnc2ccc(OCCCCN3CCN(C(=O)[C@H](O)CSCCNC(=O)C(CCOCCNC(=O)CCCc4ccc(I)cc4)NC(=O)CN4CCN(CC(=O)O)CCN(CC(=O)O)CCN(CC(=O)O)CC4)CC3)cc12. The molecule has 0 bridgehead atoms. The second-order valence-electron chi connectivity index (χ2n) is 23.2. The van der Waals surface area contributed by atoms with E-state index in [-0.39, 0.29) is 128 Å². The summed E-state index contributed by atoms with van der Waals surface area (Å²) < 4.78 is 40.7. The van der Waals surface area contributed by atoms with Gasteiger partial charge >= 0.3 is 17.9 Å². The van der Waals surface area contributed by atoms with Crippen LogP contribution in [0.15, 0.2) is 54.7 Å². The van der Waals surface area contributed by atoms with Crippen molar-refractivity contribution >= 4 is 98.6 Å². The number of pyridine rings is 1. The molecule has 516 valence electrons. The Morgan fingerprint density at radius 1 is 0.723 bits per heavy atom. The van der Waals surface area contributed by atoms with Gasteiger partial charge in [0.25, 0.3) is 17.7 Å². The Labute approximate surface area is 562 Å². The molecule has 2 aromatic carbocycles. The summed E-state index contributed by atoms with van der Waals surface area (Å²) in [7, 11) is 0. The first-order chi connectivity index (χ1) is 45.0. The molecule has 3 aliphatic heterocycles. The number of amides is 6. The van der Waals surface area contributed by atoms with Crippen LogP contribution in [0.3, 0.4) is 0 Å². The van der Waals surface area contributed by atoms with Crippen molar-refractivity contribution in [3.8, 4) is 11.8 Å². The summed E-state index contributed by atoms with van der Waals surface area (Å²) in [4.78, 5) is 130. The van der Waals surface area contributed by atoms with Gasteiger partial charge in [0.2, 0.25) is 23.6 Å². The van der Waals surface area contributed by atoms with Gasteiger partial charge in [0.15, 0.2) is 0 Å². The number of likely N-dealkylation sites (tertiary alicyclic amines) is 1. The number of aliphatic hydroxyl groups is 1. The number of carbonyl (C=O) groups excluding carboxylic acids is 6. The van der Waals surface area contributed by atoms with E-state index in [0.29, 0.717) is 74.5 Å². The molecule has 28 nitrogen and oxygen atoms in total. The minimum absolute atomic E-state index is 0.0305. The number of ether oxygens (including phenoxy) is 2. The van der Waals surface area contributed by atoms with Crippen LogP contribution in [0, 0.1) is 14.9 Å². The van der Waals surface area contributed by atoms with Gasteiger partial charge in [-0.1, -0.05) is 12.1 Å². The molecule has 1 unspecified atom stereocenters. The van der Waals surface area contributed by atoms with E-state index < -0.39 is 91.1 Å². The maximum atomic E-state index is 13.9. The highest BCUT2D eigenvalue weighted by molar-refractivity contribution is 14.1. The molecule has 0 saturated carbocycles. The molecular formula is C62H86F2IN13O15S. The number of nitrogens with one attached hydrogen (secondary N) is 4. The first-order valence-corrected chi connectivity index (χ1v) is 33.6. The number of carboxylic acids is 3. The number of hydrogen-bond donors (Lipinski definition) is 8. The van der Waals surface area contributed by atoms with Gasteiger partial charge in [-0.05, 0) is 103 Å². The fourth-order valence-electron chi connectivity index (χ4n) is 10.9. The topological polar surface area (TPSA) is 360 Å². The van der Waals surface area contributed by atoms with Crippen LogP contribution in [0.25, 0.3) is 10.9 Å². The number of aromatic nitrogens is 1. The third-order valence-electron chi connectivity index (χ3n) is 16.0. The lowest BCUT2D eigenvalue weighted by molar-refractivity contribution is -0.141.